The molecule has 0 amide bonds. The van der Waals surface area contributed by atoms with Crippen molar-refractivity contribution in [3.8, 4) is 0 Å². The molecule has 1 nitrogen and oxygen atoms in total. The molecule has 0 spiro atoms. The maximum Gasteiger partial charge on any atom is 0.0670 e. The second-order valence-electron chi connectivity index (χ2n) is 5.57. The molecule has 0 aromatic carbocycles. The van der Waals surface area contributed by atoms with Crippen LogP contribution < -0.4 is 0 Å². The molecule has 0 radical (unpaired) electrons. The van der Waals surface area contributed by atoms with Crippen LogP contribution in [0.5, 0.6) is 0 Å². The van der Waals surface area contributed by atoms with Crippen LogP contribution in [-0.4, -0.2) is 21.0 Å². The fourth-order valence-corrected chi connectivity index (χ4v) is 5.33. The minimum Gasteiger partial charge on any atom is -0.390 e. The molecule has 0 aromatic rings. The highest BCUT2D eigenvalue weighted by Gasteiger charge is 2.59. The van der Waals surface area contributed by atoms with Gasteiger partial charge in [-0.05, 0) is 55.4 Å². The van der Waals surface area contributed by atoms with Gasteiger partial charge in [-0.2, -0.15) is 0 Å². The molecule has 0 unspecified atom stereocenters. The van der Waals surface area contributed by atoms with Crippen LogP contribution in [0, 0.1) is 11.8 Å². The van der Waals surface area contributed by atoms with Crippen LogP contribution in [0.15, 0.2) is 0 Å². The van der Waals surface area contributed by atoms with Gasteiger partial charge in [0.25, 0.3) is 0 Å². The highest BCUT2D eigenvalue weighted by atomic mass is 28.1. The fourth-order valence-electron chi connectivity index (χ4n) is 3.47. The van der Waals surface area contributed by atoms with Gasteiger partial charge in [0.05, 0.1) is 5.60 Å². The van der Waals surface area contributed by atoms with E-state index in [0.717, 1.165) is 24.7 Å². The third-order valence-corrected chi connectivity index (χ3v) is 7.59. The molecule has 0 bridgehead atoms. The zero-order valence-corrected chi connectivity index (χ0v) is 11.8. The summed E-state index contributed by atoms with van der Waals surface area (Å²) in [5, 5.41) is 11.2. The third kappa shape index (κ3) is 1.38. The maximum atomic E-state index is 10.8. The van der Waals surface area contributed by atoms with Crippen molar-refractivity contribution in [2.75, 3.05) is 0 Å². The molecule has 2 aliphatic carbocycles. The molecule has 2 rings (SSSR count). The Morgan fingerprint density at radius 1 is 1.07 bits per heavy atom. The van der Waals surface area contributed by atoms with Crippen LogP contribution in [0.1, 0.15) is 52.4 Å². The summed E-state index contributed by atoms with van der Waals surface area (Å²) in [6, 6.07) is 0. The van der Waals surface area contributed by atoms with Gasteiger partial charge in [-0.25, -0.2) is 0 Å². The van der Waals surface area contributed by atoms with Crippen molar-refractivity contribution in [2.24, 2.45) is 11.8 Å². The average Bonchev–Trinajstić information content (AvgIpc) is 3.07. The number of hydrogen-bond acceptors (Lipinski definition) is 1. The predicted molar refractivity (Wildman–Crippen MR) is 63.6 cm³/mol. The molecule has 0 atom stereocenters. The van der Waals surface area contributed by atoms with Crippen molar-refractivity contribution < 1.29 is 5.11 Å². The molecule has 2 heteroatoms. The van der Waals surface area contributed by atoms with E-state index in [0.29, 0.717) is 5.04 Å². The topological polar surface area (TPSA) is 20.2 Å². The van der Waals surface area contributed by atoms with Crippen LogP contribution in [0.3, 0.4) is 0 Å². The predicted octanol–water partition coefficient (Wildman–Crippen LogP) is 1.88. The van der Waals surface area contributed by atoms with Crippen LogP contribution in [0.25, 0.3) is 0 Å². The Morgan fingerprint density at radius 2 is 1.43 bits per heavy atom. The Hall–Kier alpha value is 0.177. The minimum absolute atomic E-state index is 0.332. The Morgan fingerprint density at radius 3 is 1.64 bits per heavy atom. The van der Waals surface area contributed by atoms with Gasteiger partial charge in [-0.1, -0.05) is 13.8 Å². The van der Waals surface area contributed by atoms with Gasteiger partial charge in [0.1, 0.15) is 0 Å². The van der Waals surface area contributed by atoms with Crippen molar-refractivity contribution in [1.29, 1.82) is 0 Å². The van der Waals surface area contributed by atoms with Crippen LogP contribution >= 0.6 is 0 Å². The van der Waals surface area contributed by atoms with Crippen molar-refractivity contribution in [3.63, 3.8) is 0 Å². The van der Waals surface area contributed by atoms with Crippen molar-refractivity contribution >= 4 is 10.2 Å². The summed E-state index contributed by atoms with van der Waals surface area (Å²) in [6.45, 7) is 4.34. The van der Waals surface area contributed by atoms with E-state index in [1.807, 2.05) is 0 Å². The van der Waals surface area contributed by atoms with Gasteiger partial charge in [0.15, 0.2) is 0 Å². The van der Waals surface area contributed by atoms with Crippen LogP contribution in [-0.2, 0) is 0 Å². The lowest BCUT2D eigenvalue weighted by molar-refractivity contribution is -0.0327. The first-order valence-electron chi connectivity index (χ1n) is 6.31. The largest absolute Gasteiger partial charge is 0.390 e. The summed E-state index contributed by atoms with van der Waals surface area (Å²) in [5.74, 6) is 1.76. The first kappa shape index (κ1) is 10.7. The summed E-state index contributed by atoms with van der Waals surface area (Å²) in [4.78, 5) is 0. The molecule has 2 fully saturated rings. The van der Waals surface area contributed by atoms with E-state index in [4.69, 9.17) is 0 Å². The molecule has 0 aromatic heterocycles. The summed E-state index contributed by atoms with van der Waals surface area (Å²) in [5.41, 5.74) is -0.332. The molecule has 1 N–H and O–H groups in total. The highest BCUT2D eigenvalue weighted by Crippen LogP contribution is 2.67. The highest BCUT2D eigenvalue weighted by molar-refractivity contribution is 6.17. The molecule has 2 aliphatic rings. The van der Waals surface area contributed by atoms with Crippen molar-refractivity contribution in [1.82, 2.24) is 0 Å². The first-order chi connectivity index (χ1) is 6.58. The quantitative estimate of drug-likeness (QED) is 0.690. The van der Waals surface area contributed by atoms with E-state index >= 15 is 0 Å². The zero-order valence-electron chi connectivity index (χ0n) is 9.84. The van der Waals surface area contributed by atoms with E-state index in [2.05, 4.69) is 13.8 Å². The standard InChI is InChI=1S/C12H24OSi/c1-3-11(13,4-2)12(14,9-5-6-9)10-7-8-10/h9-10,13H,3-8H2,1-2,14H3. The van der Waals surface area contributed by atoms with E-state index in [-0.39, 0.29) is 5.60 Å². The molecular weight excluding hydrogens is 188 g/mol. The van der Waals surface area contributed by atoms with Gasteiger partial charge in [-0.3, -0.25) is 0 Å². The molecule has 2 saturated carbocycles. The van der Waals surface area contributed by atoms with Crippen LogP contribution in [0.4, 0.5) is 0 Å². The number of rotatable bonds is 5. The molecule has 0 saturated heterocycles. The van der Waals surface area contributed by atoms with E-state index < -0.39 is 0 Å². The lowest BCUT2D eigenvalue weighted by atomic mass is 9.75. The lowest BCUT2D eigenvalue weighted by Gasteiger charge is -2.46. The third-order valence-electron chi connectivity index (χ3n) is 5.02. The van der Waals surface area contributed by atoms with E-state index in [9.17, 15) is 5.11 Å². The Labute approximate surface area is 90.7 Å². The van der Waals surface area contributed by atoms with Crippen LogP contribution in [0.2, 0.25) is 5.04 Å². The Bertz CT molecular complexity index is 202. The molecule has 0 aliphatic heterocycles. The van der Waals surface area contributed by atoms with Gasteiger partial charge < -0.3 is 5.11 Å². The molecule has 14 heavy (non-hydrogen) atoms. The average molecular weight is 212 g/mol. The van der Waals surface area contributed by atoms with E-state index in [1.54, 1.807) is 0 Å². The number of hydrogen-bond donors (Lipinski definition) is 1. The van der Waals surface area contributed by atoms with Gasteiger partial charge in [-0.15, -0.1) is 0 Å². The Balaban J connectivity index is 2.23. The maximum absolute atomic E-state index is 10.8. The number of aliphatic hydroxyl groups is 1. The second kappa shape index (κ2) is 3.34. The summed E-state index contributed by atoms with van der Waals surface area (Å²) < 4.78 is 0. The Kier molecular flexibility index (Phi) is 2.55. The van der Waals surface area contributed by atoms with Gasteiger partial charge >= 0.3 is 0 Å². The second-order valence-corrected chi connectivity index (χ2v) is 7.22. The zero-order chi connectivity index (χ0) is 10.4. The summed E-state index contributed by atoms with van der Waals surface area (Å²) in [7, 11) is 1.19. The SMILES string of the molecule is CCC(O)(CC)C([SiH3])(C1CC1)C1CC1. The van der Waals surface area contributed by atoms with Crippen molar-refractivity contribution in [2.45, 2.75) is 63.0 Å². The summed E-state index contributed by atoms with van der Waals surface area (Å²) >= 11 is 0. The smallest absolute Gasteiger partial charge is 0.0670 e. The van der Waals surface area contributed by atoms with Crippen molar-refractivity contribution in [3.05, 3.63) is 0 Å². The fraction of sp³-hybridized carbons (Fsp3) is 1.00. The monoisotopic (exact) mass is 212 g/mol. The van der Waals surface area contributed by atoms with Gasteiger partial charge in [0, 0.05) is 10.2 Å². The summed E-state index contributed by atoms with van der Waals surface area (Å²) in [6.07, 6.45) is 7.48. The molecule has 0 heterocycles. The van der Waals surface area contributed by atoms with E-state index in [1.165, 1.54) is 35.9 Å². The minimum atomic E-state index is -0.332. The van der Waals surface area contributed by atoms with Gasteiger partial charge in [0.2, 0.25) is 0 Å². The molecular formula is C12H24OSi. The molecule has 82 valence electrons. The lowest BCUT2D eigenvalue weighted by Crippen LogP contribution is -2.45. The first-order valence-corrected chi connectivity index (χ1v) is 7.31. The normalized spacial score (nSPS) is 24.2.